The number of furan rings is 1. The van der Waals surface area contributed by atoms with Crippen molar-refractivity contribution in [1.29, 1.82) is 0 Å². The van der Waals surface area contributed by atoms with Gasteiger partial charge in [0.25, 0.3) is 0 Å². The Hall–Kier alpha value is -3.01. The van der Waals surface area contributed by atoms with Crippen LogP contribution in [-0.4, -0.2) is 35.4 Å². The van der Waals surface area contributed by atoms with Crippen LogP contribution in [0.1, 0.15) is 63.3 Å². The zero-order chi connectivity index (χ0) is 28.1. The second kappa shape index (κ2) is 15.4. The lowest BCUT2D eigenvalue weighted by molar-refractivity contribution is -0.137. The van der Waals surface area contributed by atoms with Gasteiger partial charge < -0.3 is 15.1 Å². The number of carbonyl (C=O) groups is 3. The van der Waals surface area contributed by atoms with Crippen molar-refractivity contribution in [3.05, 3.63) is 65.6 Å². The number of carbonyl (C=O) groups excluding carboxylic acids is 3. The molecule has 0 spiro atoms. The fourth-order valence-corrected chi connectivity index (χ4v) is 4.49. The standard InChI is InChI=1S/C28H35F3N2O4S/c1-4-5-8-23(25(34)18-38-17-22-7-6-15-37-22)33-27(36)24(16-19(2)3)32-26(35)14-11-20-9-12-21(13-10-20)28(29,30)31/h6-7,9-15,19,23-24H,4-5,8,16-18H2,1-3H3,(H,32,35)(H,33,36)/t23-,24-/m0/s1. The third-order valence-electron chi connectivity index (χ3n) is 5.63. The molecule has 208 valence electrons. The Kier molecular flexibility index (Phi) is 12.7. The van der Waals surface area contributed by atoms with Gasteiger partial charge in [0.1, 0.15) is 11.8 Å². The topological polar surface area (TPSA) is 88.4 Å². The molecule has 0 aliphatic carbocycles. The maximum atomic E-state index is 13.1. The van der Waals surface area contributed by atoms with E-state index in [1.807, 2.05) is 26.8 Å². The number of benzene rings is 1. The summed E-state index contributed by atoms with van der Waals surface area (Å²) in [5.74, 6) is 0.507. The molecule has 0 saturated heterocycles. The Bertz CT molecular complexity index is 1050. The third kappa shape index (κ3) is 11.2. The van der Waals surface area contributed by atoms with Crippen molar-refractivity contribution in [2.45, 2.75) is 70.5 Å². The summed E-state index contributed by atoms with van der Waals surface area (Å²) in [6.45, 7) is 5.82. The minimum Gasteiger partial charge on any atom is -0.468 e. The number of ketones is 1. The first-order chi connectivity index (χ1) is 18.0. The number of alkyl halides is 3. The van der Waals surface area contributed by atoms with Gasteiger partial charge in [-0.2, -0.15) is 13.2 Å². The number of hydrogen-bond acceptors (Lipinski definition) is 5. The molecular weight excluding hydrogens is 517 g/mol. The number of unbranched alkanes of at least 4 members (excludes halogenated alkanes) is 1. The maximum absolute atomic E-state index is 13.1. The number of hydrogen-bond donors (Lipinski definition) is 2. The van der Waals surface area contributed by atoms with Gasteiger partial charge in [-0.1, -0.05) is 45.7 Å². The maximum Gasteiger partial charge on any atom is 0.416 e. The lowest BCUT2D eigenvalue weighted by Gasteiger charge is -2.23. The van der Waals surface area contributed by atoms with E-state index >= 15 is 0 Å². The summed E-state index contributed by atoms with van der Waals surface area (Å²) in [5, 5.41) is 5.50. The van der Waals surface area contributed by atoms with Crippen molar-refractivity contribution in [3.8, 4) is 0 Å². The molecule has 1 heterocycles. The highest BCUT2D eigenvalue weighted by Crippen LogP contribution is 2.29. The zero-order valence-electron chi connectivity index (χ0n) is 21.8. The van der Waals surface area contributed by atoms with Gasteiger partial charge >= 0.3 is 6.18 Å². The molecule has 6 nitrogen and oxygen atoms in total. The van der Waals surface area contributed by atoms with Gasteiger partial charge in [-0.3, -0.25) is 14.4 Å². The summed E-state index contributed by atoms with van der Waals surface area (Å²) in [6.07, 6.45) is 2.16. The van der Waals surface area contributed by atoms with Gasteiger partial charge in [-0.25, -0.2) is 0 Å². The first-order valence-corrected chi connectivity index (χ1v) is 13.7. The number of Topliss-reactive ketones (excluding diaryl/α,β-unsaturated/α-hetero) is 1. The van der Waals surface area contributed by atoms with E-state index in [1.165, 1.54) is 36.0 Å². The van der Waals surface area contributed by atoms with Crippen LogP contribution in [0.25, 0.3) is 6.08 Å². The predicted molar refractivity (Wildman–Crippen MR) is 143 cm³/mol. The molecular formula is C28H35F3N2O4S. The Balaban J connectivity index is 2.00. The van der Waals surface area contributed by atoms with Gasteiger partial charge in [-0.05, 0) is 54.7 Å². The van der Waals surface area contributed by atoms with Gasteiger partial charge in [0.05, 0.1) is 29.4 Å². The van der Waals surface area contributed by atoms with Crippen molar-refractivity contribution < 1.29 is 32.0 Å². The first kappa shape index (κ1) is 31.2. The van der Waals surface area contributed by atoms with Gasteiger partial charge in [0, 0.05) is 6.08 Å². The second-order valence-electron chi connectivity index (χ2n) is 9.39. The minimum atomic E-state index is -4.44. The number of rotatable bonds is 15. The molecule has 2 aromatic rings. The van der Waals surface area contributed by atoms with Crippen molar-refractivity contribution >= 4 is 35.4 Å². The van der Waals surface area contributed by atoms with E-state index in [0.29, 0.717) is 24.2 Å². The summed E-state index contributed by atoms with van der Waals surface area (Å²) < 4.78 is 43.5. The van der Waals surface area contributed by atoms with Crippen LogP contribution in [0.5, 0.6) is 0 Å². The number of amides is 2. The number of thioether (sulfide) groups is 1. The number of halogens is 3. The summed E-state index contributed by atoms with van der Waals surface area (Å²) in [7, 11) is 0. The van der Waals surface area contributed by atoms with E-state index in [9.17, 15) is 27.6 Å². The highest BCUT2D eigenvalue weighted by molar-refractivity contribution is 7.99. The van der Waals surface area contributed by atoms with Crippen molar-refractivity contribution in [3.63, 3.8) is 0 Å². The zero-order valence-corrected chi connectivity index (χ0v) is 22.7. The molecule has 1 aromatic heterocycles. The lowest BCUT2D eigenvalue weighted by Crippen LogP contribution is -2.52. The van der Waals surface area contributed by atoms with Crippen LogP contribution in [0.3, 0.4) is 0 Å². The molecule has 0 fully saturated rings. The van der Waals surface area contributed by atoms with Crippen molar-refractivity contribution in [2.75, 3.05) is 5.75 Å². The lowest BCUT2D eigenvalue weighted by atomic mass is 10.0. The minimum absolute atomic E-state index is 0.0820. The van der Waals surface area contributed by atoms with Crippen LogP contribution in [0.15, 0.2) is 53.2 Å². The average molecular weight is 553 g/mol. The third-order valence-corrected chi connectivity index (χ3v) is 6.60. The summed E-state index contributed by atoms with van der Waals surface area (Å²) in [6, 6.07) is 6.48. The Morgan fingerprint density at radius 1 is 1.05 bits per heavy atom. The van der Waals surface area contributed by atoms with E-state index in [2.05, 4.69) is 10.6 Å². The Morgan fingerprint density at radius 3 is 2.34 bits per heavy atom. The van der Waals surface area contributed by atoms with E-state index in [-0.39, 0.29) is 17.5 Å². The van der Waals surface area contributed by atoms with Crippen LogP contribution in [0.4, 0.5) is 13.2 Å². The molecule has 10 heteroatoms. The number of nitrogens with one attached hydrogen (secondary N) is 2. The van der Waals surface area contributed by atoms with Crippen molar-refractivity contribution in [2.24, 2.45) is 5.92 Å². The molecule has 0 unspecified atom stereocenters. The summed E-state index contributed by atoms with van der Waals surface area (Å²) in [5.41, 5.74) is -0.366. The normalized spacial score (nSPS) is 13.4. The van der Waals surface area contributed by atoms with Crippen LogP contribution in [0.2, 0.25) is 0 Å². The molecule has 0 saturated carbocycles. The van der Waals surface area contributed by atoms with Crippen LogP contribution in [0, 0.1) is 5.92 Å². The largest absolute Gasteiger partial charge is 0.468 e. The first-order valence-electron chi connectivity index (χ1n) is 12.6. The van der Waals surface area contributed by atoms with Crippen LogP contribution >= 0.6 is 11.8 Å². The quantitative estimate of drug-likeness (QED) is 0.264. The van der Waals surface area contributed by atoms with Gasteiger partial charge in [-0.15, -0.1) is 11.8 Å². The average Bonchev–Trinajstić information content (AvgIpc) is 3.37. The highest BCUT2D eigenvalue weighted by atomic mass is 32.2. The fraction of sp³-hybridized carbons (Fsp3) is 0.464. The van der Waals surface area contributed by atoms with E-state index < -0.39 is 35.6 Å². The van der Waals surface area contributed by atoms with Gasteiger partial charge in [0.2, 0.25) is 11.8 Å². The van der Waals surface area contributed by atoms with Crippen LogP contribution in [-0.2, 0) is 26.3 Å². The molecule has 2 atom stereocenters. The summed E-state index contributed by atoms with van der Waals surface area (Å²) >= 11 is 1.41. The van der Waals surface area contributed by atoms with E-state index in [1.54, 1.807) is 12.3 Å². The predicted octanol–water partition coefficient (Wildman–Crippen LogP) is 6.02. The Morgan fingerprint density at radius 2 is 1.76 bits per heavy atom. The van der Waals surface area contributed by atoms with Crippen molar-refractivity contribution in [1.82, 2.24) is 10.6 Å². The summed E-state index contributed by atoms with van der Waals surface area (Å²) in [4.78, 5) is 38.6. The molecule has 2 N–H and O–H groups in total. The highest BCUT2D eigenvalue weighted by Gasteiger charge is 2.30. The van der Waals surface area contributed by atoms with E-state index in [0.717, 1.165) is 30.7 Å². The van der Waals surface area contributed by atoms with Gasteiger partial charge in [0.15, 0.2) is 5.78 Å². The molecule has 1 aromatic carbocycles. The van der Waals surface area contributed by atoms with E-state index in [4.69, 9.17) is 4.42 Å². The molecule has 0 radical (unpaired) electrons. The fourth-order valence-electron chi connectivity index (χ4n) is 3.62. The molecule has 0 bridgehead atoms. The molecule has 2 rings (SSSR count). The Labute approximate surface area is 225 Å². The SMILES string of the molecule is CCCC[C@H](NC(=O)[C@H](CC(C)C)NC(=O)C=Cc1ccc(C(F)(F)F)cc1)C(=O)CSCc1ccco1. The molecule has 0 aliphatic heterocycles. The monoisotopic (exact) mass is 552 g/mol. The smallest absolute Gasteiger partial charge is 0.416 e. The second-order valence-corrected chi connectivity index (χ2v) is 10.4. The molecule has 2 amide bonds. The molecule has 0 aliphatic rings. The van der Waals surface area contributed by atoms with Crippen LogP contribution < -0.4 is 10.6 Å². The molecule has 38 heavy (non-hydrogen) atoms.